The van der Waals surface area contributed by atoms with E-state index in [0.717, 1.165) is 16.9 Å². The minimum atomic E-state index is -0.264. The van der Waals surface area contributed by atoms with Crippen molar-refractivity contribution in [2.45, 2.75) is 6.42 Å². The molecule has 2 N–H and O–H groups in total. The Labute approximate surface area is 173 Å². The molecule has 1 aromatic heterocycles. The minimum Gasteiger partial charge on any atom is -0.378 e. The number of aromatic nitrogens is 1. The number of nitrogens with zero attached hydrogens (tertiary/aromatic N) is 2. The molecule has 6 nitrogen and oxygen atoms in total. The summed E-state index contributed by atoms with van der Waals surface area (Å²) in [6.45, 7) is 0. The summed E-state index contributed by atoms with van der Waals surface area (Å²) in [7, 11) is 3.92. The summed E-state index contributed by atoms with van der Waals surface area (Å²) in [6.07, 6.45) is 3.33. The van der Waals surface area contributed by atoms with Crippen molar-refractivity contribution in [2.75, 3.05) is 29.6 Å². The van der Waals surface area contributed by atoms with Crippen LogP contribution in [0, 0.1) is 0 Å². The third-order valence-electron chi connectivity index (χ3n) is 4.02. The van der Waals surface area contributed by atoms with Crippen molar-refractivity contribution in [3.8, 4) is 0 Å². The number of rotatable bonds is 7. The zero-order valence-corrected chi connectivity index (χ0v) is 17.1. The normalized spacial score (nSPS) is 10.7. The molecule has 148 valence electrons. The summed E-state index contributed by atoms with van der Waals surface area (Å²) in [5.74, 6) is -0.421. The fraction of sp³-hybridized carbons (Fsp3) is 0.136. The van der Waals surface area contributed by atoms with Crippen LogP contribution in [0.25, 0.3) is 6.08 Å². The lowest BCUT2D eigenvalue weighted by Gasteiger charge is -2.12. The molecule has 7 heteroatoms. The van der Waals surface area contributed by atoms with E-state index in [0.29, 0.717) is 10.8 Å². The molecular formula is C22H22N4O2S. The molecule has 0 radical (unpaired) electrons. The van der Waals surface area contributed by atoms with Gasteiger partial charge in [0.25, 0.3) is 0 Å². The Hall–Kier alpha value is -3.45. The van der Waals surface area contributed by atoms with E-state index in [1.54, 1.807) is 11.5 Å². The standard InChI is InChI=1S/C22H22N4O2S/c1-26(2)19-11-9-17(10-12-19)23-21(28)14-18-15-29-22(24-18)25-20(27)13-8-16-6-4-3-5-7-16/h3-13,15H,14H2,1-2H3,(H,23,28)(H,24,25,27)/b13-8+. The average molecular weight is 407 g/mol. The molecule has 0 aliphatic carbocycles. The van der Waals surface area contributed by atoms with Crippen LogP contribution in [0.5, 0.6) is 0 Å². The van der Waals surface area contributed by atoms with Gasteiger partial charge in [-0.25, -0.2) is 4.98 Å². The van der Waals surface area contributed by atoms with Crippen LogP contribution < -0.4 is 15.5 Å². The Morgan fingerprint density at radius 1 is 1.03 bits per heavy atom. The average Bonchev–Trinajstić information content (AvgIpc) is 3.14. The fourth-order valence-corrected chi connectivity index (χ4v) is 3.25. The SMILES string of the molecule is CN(C)c1ccc(NC(=O)Cc2csc(NC(=O)/C=C/c3ccccc3)n2)cc1. The topological polar surface area (TPSA) is 74.3 Å². The Morgan fingerprint density at radius 3 is 2.45 bits per heavy atom. The Kier molecular flexibility index (Phi) is 6.76. The molecule has 2 amide bonds. The first-order valence-electron chi connectivity index (χ1n) is 9.05. The first-order valence-corrected chi connectivity index (χ1v) is 9.93. The highest BCUT2D eigenvalue weighted by Crippen LogP contribution is 2.18. The van der Waals surface area contributed by atoms with Gasteiger partial charge in [-0.1, -0.05) is 30.3 Å². The predicted octanol–water partition coefficient (Wildman–Crippen LogP) is 4.04. The van der Waals surface area contributed by atoms with Crippen molar-refractivity contribution in [1.29, 1.82) is 0 Å². The van der Waals surface area contributed by atoms with Gasteiger partial charge in [-0.3, -0.25) is 14.9 Å². The molecule has 0 fully saturated rings. The zero-order valence-electron chi connectivity index (χ0n) is 16.3. The number of hydrogen-bond donors (Lipinski definition) is 2. The van der Waals surface area contributed by atoms with E-state index < -0.39 is 0 Å². The first-order chi connectivity index (χ1) is 14.0. The van der Waals surface area contributed by atoms with E-state index in [-0.39, 0.29) is 18.2 Å². The van der Waals surface area contributed by atoms with Crippen LogP contribution >= 0.6 is 11.3 Å². The van der Waals surface area contributed by atoms with Gasteiger partial charge >= 0.3 is 0 Å². The molecule has 0 aliphatic rings. The Balaban J connectivity index is 1.51. The van der Waals surface area contributed by atoms with Crippen molar-refractivity contribution in [3.05, 3.63) is 77.3 Å². The fourth-order valence-electron chi connectivity index (χ4n) is 2.54. The zero-order chi connectivity index (χ0) is 20.6. The van der Waals surface area contributed by atoms with Crippen LogP contribution in [0.2, 0.25) is 0 Å². The summed E-state index contributed by atoms with van der Waals surface area (Å²) in [5, 5.41) is 7.80. The minimum absolute atomic E-state index is 0.141. The van der Waals surface area contributed by atoms with Gasteiger partial charge in [0.1, 0.15) is 0 Å². The third-order valence-corrected chi connectivity index (χ3v) is 4.82. The van der Waals surface area contributed by atoms with Gasteiger partial charge in [0.2, 0.25) is 11.8 Å². The van der Waals surface area contributed by atoms with E-state index >= 15 is 0 Å². The van der Waals surface area contributed by atoms with Gasteiger partial charge in [-0.15, -0.1) is 11.3 Å². The van der Waals surface area contributed by atoms with Crippen LogP contribution in [-0.2, 0) is 16.0 Å². The number of hydrogen-bond acceptors (Lipinski definition) is 5. The molecule has 29 heavy (non-hydrogen) atoms. The summed E-state index contributed by atoms with van der Waals surface area (Å²) < 4.78 is 0. The van der Waals surface area contributed by atoms with E-state index in [1.165, 1.54) is 17.4 Å². The number of nitrogens with one attached hydrogen (secondary N) is 2. The summed E-state index contributed by atoms with van der Waals surface area (Å²) >= 11 is 1.29. The van der Waals surface area contributed by atoms with Crippen LogP contribution in [-0.4, -0.2) is 30.9 Å². The molecule has 0 atom stereocenters. The maximum atomic E-state index is 12.2. The Morgan fingerprint density at radius 2 is 1.76 bits per heavy atom. The molecule has 3 aromatic rings. The van der Waals surface area contributed by atoms with Gasteiger partial charge in [-0.2, -0.15) is 0 Å². The van der Waals surface area contributed by atoms with E-state index in [4.69, 9.17) is 0 Å². The maximum Gasteiger partial charge on any atom is 0.250 e. The lowest BCUT2D eigenvalue weighted by Crippen LogP contribution is -2.15. The molecule has 0 unspecified atom stereocenters. The molecular weight excluding hydrogens is 384 g/mol. The van der Waals surface area contributed by atoms with Gasteiger partial charge in [-0.05, 0) is 35.9 Å². The van der Waals surface area contributed by atoms with E-state index in [1.807, 2.05) is 73.6 Å². The molecule has 2 aromatic carbocycles. The molecule has 0 aliphatic heterocycles. The van der Waals surface area contributed by atoms with E-state index in [9.17, 15) is 9.59 Å². The second-order valence-corrected chi connectivity index (χ2v) is 7.40. The first kappa shape index (κ1) is 20.3. The second kappa shape index (κ2) is 9.66. The van der Waals surface area contributed by atoms with Gasteiger partial charge in [0.15, 0.2) is 5.13 Å². The van der Waals surface area contributed by atoms with Crippen LogP contribution in [0.15, 0.2) is 66.1 Å². The summed E-state index contributed by atoms with van der Waals surface area (Å²) in [5.41, 5.74) is 3.34. The molecule has 1 heterocycles. The van der Waals surface area contributed by atoms with Crippen LogP contribution in [0.4, 0.5) is 16.5 Å². The monoisotopic (exact) mass is 406 g/mol. The second-order valence-electron chi connectivity index (χ2n) is 6.54. The van der Waals surface area contributed by atoms with Crippen molar-refractivity contribution in [3.63, 3.8) is 0 Å². The molecule has 0 saturated heterocycles. The number of amides is 2. The van der Waals surface area contributed by atoms with Gasteiger partial charge < -0.3 is 10.2 Å². The largest absolute Gasteiger partial charge is 0.378 e. The highest BCUT2D eigenvalue weighted by atomic mass is 32.1. The number of carbonyl (C=O) groups is 2. The third kappa shape index (κ3) is 6.29. The van der Waals surface area contributed by atoms with Crippen molar-refractivity contribution in [1.82, 2.24) is 4.98 Å². The highest BCUT2D eigenvalue weighted by molar-refractivity contribution is 7.14. The molecule has 0 saturated carbocycles. The van der Waals surface area contributed by atoms with Crippen LogP contribution in [0.1, 0.15) is 11.3 Å². The van der Waals surface area contributed by atoms with Gasteiger partial charge in [0, 0.05) is 36.9 Å². The molecule has 3 rings (SSSR count). The lowest BCUT2D eigenvalue weighted by atomic mass is 10.2. The summed E-state index contributed by atoms with van der Waals surface area (Å²) in [4.78, 5) is 30.6. The van der Waals surface area contributed by atoms with Gasteiger partial charge in [0.05, 0.1) is 12.1 Å². The number of thiazole rings is 1. The Bertz CT molecular complexity index is 995. The van der Waals surface area contributed by atoms with Crippen molar-refractivity contribution >= 4 is 45.7 Å². The number of anilines is 3. The summed E-state index contributed by atoms with van der Waals surface area (Å²) in [6, 6.07) is 17.2. The maximum absolute atomic E-state index is 12.2. The molecule has 0 bridgehead atoms. The quantitative estimate of drug-likeness (QED) is 0.581. The highest BCUT2D eigenvalue weighted by Gasteiger charge is 2.09. The van der Waals surface area contributed by atoms with Crippen molar-refractivity contribution < 1.29 is 9.59 Å². The number of carbonyl (C=O) groups excluding carboxylic acids is 2. The predicted molar refractivity (Wildman–Crippen MR) is 119 cm³/mol. The van der Waals surface area contributed by atoms with Crippen molar-refractivity contribution in [2.24, 2.45) is 0 Å². The van der Waals surface area contributed by atoms with Crippen LogP contribution in [0.3, 0.4) is 0 Å². The smallest absolute Gasteiger partial charge is 0.250 e. The van der Waals surface area contributed by atoms with E-state index in [2.05, 4.69) is 15.6 Å². The number of benzene rings is 2. The molecule has 0 spiro atoms. The lowest BCUT2D eigenvalue weighted by molar-refractivity contribution is -0.115.